The van der Waals surface area contributed by atoms with E-state index < -0.39 is 12.0 Å². The lowest BCUT2D eigenvalue weighted by atomic mass is 10.2. The van der Waals surface area contributed by atoms with Crippen LogP contribution in [0.3, 0.4) is 0 Å². The predicted octanol–water partition coefficient (Wildman–Crippen LogP) is 3.29. The van der Waals surface area contributed by atoms with Crippen molar-refractivity contribution in [3.8, 4) is 6.07 Å². The van der Waals surface area contributed by atoms with Crippen LogP contribution in [0, 0.1) is 11.3 Å². The molecule has 8 heteroatoms. The van der Waals surface area contributed by atoms with E-state index in [0.717, 1.165) is 0 Å². The zero-order valence-electron chi connectivity index (χ0n) is 10.5. The van der Waals surface area contributed by atoms with Crippen molar-refractivity contribution in [3.05, 3.63) is 26.6 Å². The van der Waals surface area contributed by atoms with Crippen molar-refractivity contribution in [2.24, 2.45) is 0 Å². The second-order valence-electron chi connectivity index (χ2n) is 3.88. The topological polar surface area (TPSA) is 93.4 Å². The smallest absolute Gasteiger partial charge is 0.337 e. The number of nitrogens with one attached hydrogen (secondary N) is 1. The van der Waals surface area contributed by atoms with Gasteiger partial charge in [-0.15, -0.1) is 0 Å². The Kier molecular flexibility index (Phi) is 5.98. The van der Waals surface area contributed by atoms with Gasteiger partial charge in [-0.25, -0.2) is 9.59 Å². The lowest BCUT2D eigenvalue weighted by Crippen LogP contribution is -2.32. The molecule has 0 heterocycles. The number of carbonyl (C=O) groups excluding carboxylic acids is 1. The van der Waals surface area contributed by atoms with Gasteiger partial charge in [0.2, 0.25) is 0 Å². The fraction of sp³-hybridized carbons (Fsp3) is 0.250. The molecular formula is C12H11Br2N3O3. The highest BCUT2D eigenvalue weighted by Gasteiger charge is 2.18. The average Bonchev–Trinajstić information content (AvgIpc) is 2.38. The highest BCUT2D eigenvalue weighted by Crippen LogP contribution is 2.31. The van der Waals surface area contributed by atoms with Crippen LogP contribution in [0.5, 0.6) is 0 Å². The summed E-state index contributed by atoms with van der Waals surface area (Å²) in [5, 5.41) is 20.2. The molecule has 0 aliphatic carbocycles. The summed E-state index contributed by atoms with van der Waals surface area (Å²) in [7, 11) is 1.53. The lowest BCUT2D eigenvalue weighted by Gasteiger charge is -2.18. The lowest BCUT2D eigenvalue weighted by molar-refractivity contribution is 0.0698. The fourth-order valence-electron chi connectivity index (χ4n) is 1.39. The summed E-state index contributed by atoms with van der Waals surface area (Å²) in [6.45, 7) is 0.263. The minimum atomic E-state index is -1.15. The second kappa shape index (κ2) is 7.26. The molecule has 0 radical (unpaired) electrons. The van der Waals surface area contributed by atoms with Crippen molar-refractivity contribution < 1.29 is 14.7 Å². The van der Waals surface area contributed by atoms with Gasteiger partial charge < -0.3 is 15.3 Å². The van der Waals surface area contributed by atoms with Gasteiger partial charge in [0.05, 0.1) is 23.7 Å². The number of carboxylic acids is 1. The highest BCUT2D eigenvalue weighted by molar-refractivity contribution is 9.11. The van der Waals surface area contributed by atoms with Crippen LogP contribution in [-0.2, 0) is 0 Å². The summed E-state index contributed by atoms with van der Waals surface area (Å²) in [5.41, 5.74) is 0.141. The molecule has 0 fully saturated rings. The number of anilines is 1. The van der Waals surface area contributed by atoms with Crippen LogP contribution in [0.1, 0.15) is 16.8 Å². The summed E-state index contributed by atoms with van der Waals surface area (Å²) >= 11 is 6.41. The number of hydrogen-bond acceptors (Lipinski definition) is 3. The molecule has 1 aromatic rings. The third-order valence-corrected chi connectivity index (χ3v) is 3.51. The number of aromatic carboxylic acids is 1. The zero-order chi connectivity index (χ0) is 15.3. The molecule has 6 nitrogen and oxygen atoms in total. The summed E-state index contributed by atoms with van der Waals surface area (Å²) in [5.74, 6) is -1.15. The summed E-state index contributed by atoms with van der Waals surface area (Å²) in [6.07, 6.45) is 0.206. The number of carboxylic acid groups (broad SMARTS) is 1. The maximum atomic E-state index is 11.9. The minimum absolute atomic E-state index is 0.0340. The van der Waals surface area contributed by atoms with Crippen molar-refractivity contribution in [1.82, 2.24) is 4.90 Å². The minimum Gasteiger partial charge on any atom is -0.478 e. The molecule has 0 saturated carbocycles. The van der Waals surface area contributed by atoms with Crippen LogP contribution in [0.25, 0.3) is 0 Å². The Balaban J connectivity index is 3.00. The first-order chi connectivity index (χ1) is 9.36. The summed E-state index contributed by atoms with van der Waals surface area (Å²) < 4.78 is 1.03. The van der Waals surface area contributed by atoms with E-state index in [1.807, 2.05) is 6.07 Å². The van der Waals surface area contributed by atoms with Gasteiger partial charge in [0.25, 0.3) is 0 Å². The molecule has 2 N–H and O–H groups in total. The maximum absolute atomic E-state index is 11.9. The van der Waals surface area contributed by atoms with Gasteiger partial charge in [-0.3, -0.25) is 0 Å². The van der Waals surface area contributed by atoms with Gasteiger partial charge in [0, 0.05) is 22.5 Å². The molecule has 20 heavy (non-hydrogen) atoms. The Morgan fingerprint density at radius 3 is 2.65 bits per heavy atom. The van der Waals surface area contributed by atoms with Crippen LogP contribution in [-0.4, -0.2) is 35.6 Å². The Labute approximate surface area is 132 Å². The molecule has 0 spiro atoms. The first kappa shape index (κ1) is 16.5. The SMILES string of the molecule is CN(CCC#N)C(=O)Nc1c(Br)cc(Br)cc1C(=O)O. The Morgan fingerprint density at radius 1 is 1.45 bits per heavy atom. The number of nitrogens with zero attached hydrogens (tertiary/aromatic N) is 2. The molecule has 1 aromatic carbocycles. The third kappa shape index (κ3) is 4.21. The molecule has 0 unspecified atom stereocenters. The number of benzene rings is 1. The molecule has 0 aliphatic rings. The van der Waals surface area contributed by atoms with Gasteiger partial charge in [0.15, 0.2) is 0 Å². The number of halogens is 2. The van der Waals surface area contributed by atoms with Crippen LogP contribution in [0.15, 0.2) is 21.1 Å². The Hall–Kier alpha value is -1.59. The predicted molar refractivity (Wildman–Crippen MR) is 80.7 cm³/mol. The quantitative estimate of drug-likeness (QED) is 0.804. The summed E-state index contributed by atoms with van der Waals surface area (Å²) in [4.78, 5) is 24.4. The van der Waals surface area contributed by atoms with E-state index in [2.05, 4.69) is 37.2 Å². The van der Waals surface area contributed by atoms with E-state index in [9.17, 15) is 9.59 Å². The van der Waals surface area contributed by atoms with Gasteiger partial charge in [-0.05, 0) is 28.1 Å². The van der Waals surface area contributed by atoms with Crippen LogP contribution < -0.4 is 5.32 Å². The van der Waals surface area contributed by atoms with Gasteiger partial charge in [0.1, 0.15) is 0 Å². The van der Waals surface area contributed by atoms with Gasteiger partial charge in [-0.2, -0.15) is 5.26 Å². The highest BCUT2D eigenvalue weighted by atomic mass is 79.9. The van der Waals surface area contributed by atoms with Crippen molar-refractivity contribution in [3.63, 3.8) is 0 Å². The van der Waals surface area contributed by atoms with Crippen molar-refractivity contribution in [2.75, 3.05) is 18.9 Å². The molecule has 0 aliphatic heterocycles. The molecule has 0 saturated heterocycles. The standard InChI is InChI=1S/C12H11Br2N3O3/c1-17(4-2-3-15)12(20)16-10-8(11(18)19)5-7(13)6-9(10)14/h5-6H,2,4H2,1H3,(H,16,20)(H,18,19). The number of rotatable bonds is 4. The third-order valence-electron chi connectivity index (χ3n) is 2.42. The van der Waals surface area contributed by atoms with E-state index in [1.54, 1.807) is 6.07 Å². The number of urea groups is 1. The monoisotopic (exact) mass is 403 g/mol. The van der Waals surface area contributed by atoms with E-state index in [-0.39, 0.29) is 24.2 Å². The first-order valence-corrected chi connectivity index (χ1v) is 7.06. The normalized spacial score (nSPS) is 9.70. The van der Waals surface area contributed by atoms with Crippen LogP contribution in [0.4, 0.5) is 10.5 Å². The van der Waals surface area contributed by atoms with E-state index in [0.29, 0.717) is 8.95 Å². The molecule has 0 bridgehead atoms. The van der Waals surface area contributed by atoms with Crippen molar-refractivity contribution >= 4 is 49.5 Å². The largest absolute Gasteiger partial charge is 0.478 e. The second-order valence-corrected chi connectivity index (χ2v) is 5.65. The van der Waals surface area contributed by atoms with Gasteiger partial charge in [-0.1, -0.05) is 15.9 Å². The Morgan fingerprint density at radius 2 is 2.10 bits per heavy atom. The molecule has 0 atom stereocenters. The molecule has 0 aromatic heterocycles. The molecule has 1 rings (SSSR count). The maximum Gasteiger partial charge on any atom is 0.337 e. The number of nitriles is 1. The van der Waals surface area contributed by atoms with Crippen molar-refractivity contribution in [1.29, 1.82) is 5.26 Å². The molecular weight excluding hydrogens is 394 g/mol. The van der Waals surface area contributed by atoms with Crippen molar-refractivity contribution in [2.45, 2.75) is 6.42 Å². The van der Waals surface area contributed by atoms with Gasteiger partial charge >= 0.3 is 12.0 Å². The van der Waals surface area contributed by atoms with E-state index >= 15 is 0 Å². The zero-order valence-corrected chi connectivity index (χ0v) is 13.7. The molecule has 2 amide bonds. The number of hydrogen-bond donors (Lipinski definition) is 2. The Bertz CT molecular complexity index is 584. The fourth-order valence-corrected chi connectivity index (χ4v) is 2.72. The average molecular weight is 405 g/mol. The summed E-state index contributed by atoms with van der Waals surface area (Å²) in [6, 6.07) is 4.49. The van der Waals surface area contributed by atoms with Crippen LogP contribution in [0.2, 0.25) is 0 Å². The number of amides is 2. The van der Waals surface area contributed by atoms with E-state index in [4.69, 9.17) is 10.4 Å². The molecule has 106 valence electrons. The number of carbonyl (C=O) groups is 2. The van der Waals surface area contributed by atoms with E-state index in [1.165, 1.54) is 18.0 Å². The first-order valence-electron chi connectivity index (χ1n) is 5.48. The van der Waals surface area contributed by atoms with Crippen LogP contribution >= 0.6 is 31.9 Å².